The largest absolute Gasteiger partial charge is 0.384 e. The molecule has 3 aromatic carbocycles. The van der Waals surface area contributed by atoms with Gasteiger partial charge in [0.2, 0.25) is 17.7 Å². The molecule has 4 amide bonds. The number of nitrogen functional groups attached to an aromatic ring is 1. The number of aromatic nitrogens is 12. The maximum atomic E-state index is 15.2. The van der Waals surface area contributed by atoms with Crippen molar-refractivity contribution in [3.8, 4) is 56.9 Å². The van der Waals surface area contributed by atoms with Gasteiger partial charge in [-0.2, -0.15) is 29.0 Å². The summed E-state index contributed by atoms with van der Waals surface area (Å²) in [6.07, 6.45) is 3.99. The summed E-state index contributed by atoms with van der Waals surface area (Å²) in [5.41, 5.74) is 11.7. The summed E-state index contributed by atoms with van der Waals surface area (Å²) in [6, 6.07) is 27.9. The number of halogens is 7. The Morgan fingerprint density at radius 3 is 1.35 bits per heavy atom. The first kappa shape index (κ1) is 94.0. The van der Waals surface area contributed by atoms with Crippen LogP contribution in [0.15, 0.2) is 168 Å². The van der Waals surface area contributed by atoms with E-state index in [9.17, 15) is 52.0 Å². The third-order valence-corrected chi connectivity index (χ3v) is 24.1. The van der Waals surface area contributed by atoms with Crippen LogP contribution in [0.25, 0.3) is 83.9 Å². The number of hydrogen-bond acceptors (Lipinski definition) is 21. The number of nitrogens with zero attached hydrogens (tertiary/aromatic N) is 19. The molecule has 672 valence electrons. The van der Waals surface area contributed by atoms with Crippen LogP contribution in [0.2, 0.25) is 15.1 Å². The lowest BCUT2D eigenvalue weighted by atomic mass is 10.0. The Morgan fingerprint density at radius 1 is 0.492 bits per heavy atom. The van der Waals surface area contributed by atoms with Gasteiger partial charge in [0.25, 0.3) is 5.91 Å². The van der Waals surface area contributed by atoms with Crippen molar-refractivity contribution in [1.82, 2.24) is 73.3 Å². The molecule has 0 aliphatic carbocycles. The number of benzene rings is 3. The minimum Gasteiger partial charge on any atom is -0.384 e. The highest BCUT2D eigenvalue weighted by Gasteiger charge is 2.39. The van der Waals surface area contributed by atoms with Crippen LogP contribution in [0.1, 0.15) is 133 Å². The summed E-state index contributed by atoms with van der Waals surface area (Å²) >= 11 is 20.4. The summed E-state index contributed by atoms with van der Waals surface area (Å²) in [6.45, 7) is 40.6. The predicted octanol–water partition coefficient (Wildman–Crippen LogP) is 16.2. The molecular weight excluding hydrogens is 1730 g/mol. The van der Waals surface area contributed by atoms with Crippen LogP contribution in [-0.4, -0.2) is 179 Å². The van der Waals surface area contributed by atoms with Gasteiger partial charge in [-0.05, 0) is 175 Å². The Kier molecular flexibility index (Phi) is 28.0. The van der Waals surface area contributed by atoms with Gasteiger partial charge in [-0.1, -0.05) is 132 Å². The van der Waals surface area contributed by atoms with Gasteiger partial charge >= 0.3 is 23.5 Å². The number of nitrogens with two attached hydrogens (primary N) is 1. The van der Waals surface area contributed by atoms with Gasteiger partial charge < -0.3 is 40.4 Å². The van der Waals surface area contributed by atoms with Crippen molar-refractivity contribution in [3.05, 3.63) is 251 Å². The Morgan fingerprint density at radius 2 is 0.908 bits per heavy atom. The first-order chi connectivity index (χ1) is 61.8. The molecule has 5 unspecified atom stereocenters. The lowest BCUT2D eigenvalue weighted by Crippen LogP contribution is -2.58. The normalized spacial score (nSPS) is 16.4. The number of rotatable bonds is 17. The molecule has 3 aliphatic heterocycles. The highest BCUT2D eigenvalue weighted by Crippen LogP contribution is 2.43. The second-order valence-electron chi connectivity index (χ2n) is 33.2. The van der Waals surface area contributed by atoms with Crippen LogP contribution in [0.5, 0.6) is 0 Å². The number of amides is 4. The van der Waals surface area contributed by atoms with E-state index in [4.69, 9.17) is 55.5 Å². The van der Waals surface area contributed by atoms with Gasteiger partial charge in [0.15, 0.2) is 16.9 Å². The average Bonchev–Trinajstić information content (AvgIpc) is 0.741. The van der Waals surface area contributed by atoms with E-state index in [0.717, 1.165) is 11.1 Å². The molecule has 12 aromatic rings. The van der Waals surface area contributed by atoms with Gasteiger partial charge in [0, 0.05) is 99.5 Å². The van der Waals surface area contributed by atoms with Gasteiger partial charge in [-0.25, -0.2) is 56.8 Å². The molecule has 5 atom stereocenters. The predicted molar refractivity (Wildman–Crippen MR) is 500 cm³/mol. The molecule has 0 radical (unpaired) electrons. The second-order valence-corrected chi connectivity index (χ2v) is 34.4. The molecule has 3 fully saturated rings. The van der Waals surface area contributed by atoms with Crippen LogP contribution in [0.4, 0.5) is 46.5 Å². The standard InChI is InChI=1S/C33H34ClF2N7O3.C32H31ClFN7O2.C30H31ClFN7O2/c1-7-25(44)41-15-20(6)42(16-19(41)5)30-22-14-23(34)27(21-10-8-9-11-24(21)38-32(45)29(35)36)39-31(22)43(33(46)40-30)28-18(4)12-13-37-26(28)17(2)3;1-7-25(42)39-15-20(6)40(16-19(39)5)30-22-13-23(33)28(26-21(14-35)9-8-10-24(26)34)37-31(22)41(32(43)38-30)29-18(4)11-12-36-27(29)17(2)3;1-6-24(40)37-11-12-38(18(5)15-37)28-20-14-21(31)26(19-9-7-8-10-22(19)32)35-29(20)39(30(41)36-28)27-17(4)13-23(33)34-25(27)16(2)3/h7-14,17,19-20,29H,1,15-16H2,2-6H3,(H,38,45);7-13,17,19-20H,1,15-16H2,2-6H3;6-10,13-14,16,18H,1,11-12,15H2,2-5H3,(H2,33,34). The average molecular weight is 1830 g/mol. The van der Waals surface area contributed by atoms with Crippen molar-refractivity contribution >= 4 is 120 Å². The summed E-state index contributed by atoms with van der Waals surface area (Å²) < 4.78 is 60.8. The van der Waals surface area contributed by atoms with Crippen molar-refractivity contribution < 1.29 is 36.7 Å². The van der Waals surface area contributed by atoms with E-state index in [1.165, 1.54) is 62.3 Å². The minimum absolute atomic E-state index is 0.0320. The van der Waals surface area contributed by atoms with E-state index < -0.39 is 41.0 Å². The van der Waals surface area contributed by atoms with Gasteiger partial charge in [0.05, 0.1) is 105 Å². The highest BCUT2D eigenvalue weighted by molar-refractivity contribution is 6.35. The van der Waals surface area contributed by atoms with E-state index in [0.29, 0.717) is 125 Å². The van der Waals surface area contributed by atoms with Crippen molar-refractivity contribution in [1.29, 1.82) is 5.26 Å². The van der Waals surface area contributed by atoms with Gasteiger partial charge in [-0.15, -0.1) is 0 Å². The lowest BCUT2D eigenvalue weighted by molar-refractivity contribution is -0.129. The van der Waals surface area contributed by atoms with Crippen LogP contribution in [-0.2, 0) is 19.2 Å². The van der Waals surface area contributed by atoms with Crippen LogP contribution in [0.3, 0.4) is 0 Å². The van der Waals surface area contributed by atoms with Crippen molar-refractivity contribution in [3.63, 3.8) is 0 Å². The number of pyridine rings is 6. The third-order valence-electron chi connectivity index (χ3n) is 23.2. The molecule has 35 heteroatoms. The van der Waals surface area contributed by atoms with E-state index in [1.54, 1.807) is 99.9 Å². The third kappa shape index (κ3) is 18.3. The number of piperazine rings is 3. The first-order valence-corrected chi connectivity index (χ1v) is 43.2. The summed E-state index contributed by atoms with van der Waals surface area (Å²) in [7, 11) is 0. The number of nitrogens with one attached hydrogen (secondary N) is 1. The maximum absolute atomic E-state index is 15.2. The van der Waals surface area contributed by atoms with E-state index in [2.05, 4.69) is 55.0 Å². The van der Waals surface area contributed by atoms with Crippen molar-refractivity contribution in [2.24, 2.45) is 0 Å². The zero-order valence-electron chi connectivity index (χ0n) is 74.0. The summed E-state index contributed by atoms with van der Waals surface area (Å²) in [5, 5.41) is 13.9. The Hall–Kier alpha value is -13.6. The number of anilines is 5. The smallest absolute Gasteiger partial charge is 0.355 e. The lowest BCUT2D eigenvalue weighted by Gasteiger charge is -2.44. The summed E-state index contributed by atoms with van der Waals surface area (Å²) in [5.74, 6) is -1.92. The molecule has 3 N–H and O–H groups in total. The zero-order chi connectivity index (χ0) is 94.2. The van der Waals surface area contributed by atoms with Gasteiger partial charge in [-0.3, -0.25) is 29.1 Å². The number of aryl methyl sites for hydroxylation is 3. The summed E-state index contributed by atoms with van der Waals surface area (Å²) in [4.78, 5) is 144. The van der Waals surface area contributed by atoms with Crippen LogP contribution >= 0.6 is 34.8 Å². The number of carbonyl (C=O) groups excluding carboxylic acids is 4. The zero-order valence-corrected chi connectivity index (χ0v) is 76.3. The van der Waals surface area contributed by atoms with Crippen LogP contribution in [0, 0.1) is 43.7 Å². The van der Waals surface area contributed by atoms with E-state index in [-0.39, 0.29) is 143 Å². The number of nitriles is 1. The number of para-hydroxylation sites is 1. The monoisotopic (exact) mass is 1820 g/mol. The molecular formula is C95H96Cl3F4N21O7. The van der Waals surface area contributed by atoms with Crippen molar-refractivity contribution in [2.75, 3.05) is 71.6 Å². The molecule has 3 aliphatic rings. The Balaban J connectivity index is 0.000000166. The number of carbonyl (C=O) groups is 4. The molecule has 9 aromatic heterocycles. The molecule has 0 spiro atoms. The number of hydrogen-bond donors (Lipinski definition) is 2. The topological polar surface area (TPSA) is 332 Å². The molecule has 3 saturated heterocycles. The first-order valence-electron chi connectivity index (χ1n) is 42.1. The van der Waals surface area contributed by atoms with E-state index >= 15 is 4.39 Å². The molecule has 12 heterocycles. The molecule has 0 bridgehead atoms. The number of fused-ring (bicyclic) bond motifs is 3. The quantitative estimate of drug-likeness (QED) is 0.0631. The fourth-order valence-electron chi connectivity index (χ4n) is 16.9. The number of alkyl halides is 2. The van der Waals surface area contributed by atoms with E-state index in [1.807, 2.05) is 118 Å². The SMILES string of the molecule is C=CC(=O)N1CC(C)N(c2nc(=O)n(-c3c(C)ccnc3C(C)C)c3nc(-c4c(F)cccc4C#N)c(Cl)cc23)CC1C.C=CC(=O)N1CC(C)N(c2nc(=O)n(-c3c(C)ccnc3C(C)C)c3nc(-c4ccccc4NC(=O)C(F)F)c(Cl)cc23)CC1C.C=CC(=O)N1CCN(c2nc(=O)n(-c3c(C)cc(N)nc3C(C)C)c3nc(-c4ccccc4F)c(Cl)cc23)C(C)C1. The fraction of sp³-hybridized carbons (Fsp3) is 0.316. The molecule has 0 saturated carbocycles. The Bertz CT molecular complexity index is 6820. The van der Waals surface area contributed by atoms with Crippen molar-refractivity contribution in [2.45, 2.75) is 151 Å². The molecule has 130 heavy (non-hydrogen) atoms. The molecule has 28 nitrogen and oxygen atoms in total. The minimum atomic E-state index is -3.23. The van der Waals surface area contributed by atoms with Crippen LogP contribution < -0.4 is 42.8 Å². The maximum Gasteiger partial charge on any atom is 0.355 e. The fourth-order valence-corrected chi connectivity index (χ4v) is 17.7. The Labute approximate surface area is 762 Å². The van der Waals surface area contributed by atoms with Gasteiger partial charge in [0.1, 0.15) is 34.9 Å². The highest BCUT2D eigenvalue weighted by atomic mass is 35.5. The second kappa shape index (κ2) is 38.7. The molecule has 15 rings (SSSR count).